The Balaban J connectivity index is 1.98. The van der Waals surface area contributed by atoms with Crippen LogP contribution in [0.15, 0.2) is 55.1 Å². The molecule has 0 aliphatic carbocycles. The third-order valence-corrected chi connectivity index (χ3v) is 3.11. The van der Waals surface area contributed by atoms with Crippen LogP contribution < -0.4 is 0 Å². The van der Waals surface area contributed by atoms with Crippen molar-refractivity contribution < 1.29 is 0 Å². The molecule has 1 nitrogen and oxygen atoms in total. The first-order chi connectivity index (χ1) is 7.90. The van der Waals surface area contributed by atoms with Crippen LogP contribution in [0.25, 0.3) is 0 Å². The van der Waals surface area contributed by atoms with Gasteiger partial charge in [-0.25, -0.2) is 0 Å². The highest BCUT2D eigenvalue weighted by Gasteiger charge is 2.21. The molecule has 0 radical (unpaired) electrons. The molecule has 1 aliphatic heterocycles. The van der Waals surface area contributed by atoms with Gasteiger partial charge >= 0.3 is 0 Å². The van der Waals surface area contributed by atoms with E-state index in [4.69, 9.17) is 0 Å². The lowest BCUT2D eigenvalue weighted by molar-refractivity contribution is 0.281. The van der Waals surface area contributed by atoms with Gasteiger partial charge in [-0.3, -0.25) is 4.90 Å². The Hall–Kier alpha value is -1.34. The molecule has 1 unspecified atom stereocenters. The maximum absolute atomic E-state index is 3.73. The molecule has 16 heavy (non-hydrogen) atoms. The maximum Gasteiger partial charge on any atom is 0.0285 e. The zero-order valence-corrected chi connectivity index (χ0v) is 9.68. The predicted molar refractivity (Wildman–Crippen MR) is 69.2 cm³/mol. The summed E-state index contributed by atoms with van der Waals surface area (Å²) >= 11 is 0. The molecule has 1 aliphatic rings. The predicted octanol–water partition coefficient (Wildman–Crippen LogP) is 3.39. The van der Waals surface area contributed by atoms with Crippen LogP contribution in [0.2, 0.25) is 0 Å². The van der Waals surface area contributed by atoms with Gasteiger partial charge < -0.3 is 0 Å². The van der Waals surface area contributed by atoms with Gasteiger partial charge in [-0.1, -0.05) is 55.1 Å². The van der Waals surface area contributed by atoms with Crippen molar-refractivity contribution in [2.45, 2.75) is 25.4 Å². The lowest BCUT2D eigenvalue weighted by atomic mass is 10.1. The first-order valence-corrected chi connectivity index (χ1v) is 5.97. The summed E-state index contributed by atoms with van der Waals surface area (Å²) in [5.74, 6) is 0. The smallest absolute Gasteiger partial charge is 0.0285 e. The van der Waals surface area contributed by atoms with E-state index in [1.54, 1.807) is 0 Å². The molecule has 1 aromatic rings. The second kappa shape index (κ2) is 5.66. The summed E-state index contributed by atoms with van der Waals surface area (Å²) in [6.07, 6.45) is 8.77. The van der Waals surface area contributed by atoms with Crippen molar-refractivity contribution in [2.75, 3.05) is 6.54 Å². The molecule has 0 bridgehead atoms. The van der Waals surface area contributed by atoms with E-state index in [9.17, 15) is 0 Å². The van der Waals surface area contributed by atoms with Crippen molar-refractivity contribution in [1.82, 2.24) is 4.90 Å². The lowest BCUT2D eigenvalue weighted by Crippen LogP contribution is -2.27. The molecule has 84 valence electrons. The summed E-state index contributed by atoms with van der Waals surface area (Å²) in [6.45, 7) is 6.00. The summed E-state index contributed by atoms with van der Waals surface area (Å²) in [4.78, 5) is 2.54. The van der Waals surface area contributed by atoms with E-state index in [-0.39, 0.29) is 0 Å². The van der Waals surface area contributed by atoms with Crippen molar-refractivity contribution in [3.63, 3.8) is 0 Å². The van der Waals surface area contributed by atoms with E-state index in [1.807, 2.05) is 6.08 Å². The third kappa shape index (κ3) is 2.83. The largest absolute Gasteiger partial charge is 0.293 e. The average molecular weight is 213 g/mol. The van der Waals surface area contributed by atoms with Gasteiger partial charge in [0.2, 0.25) is 0 Å². The molecule has 0 aromatic heterocycles. The fourth-order valence-corrected chi connectivity index (χ4v) is 2.29. The number of allylic oxidation sites excluding steroid dienone is 2. The van der Waals surface area contributed by atoms with E-state index >= 15 is 0 Å². The van der Waals surface area contributed by atoms with Gasteiger partial charge in [-0.15, -0.1) is 0 Å². The molecule has 2 rings (SSSR count). The molecule has 0 N–H and O–H groups in total. The minimum atomic E-state index is 0.596. The van der Waals surface area contributed by atoms with Crippen molar-refractivity contribution in [3.8, 4) is 0 Å². The van der Waals surface area contributed by atoms with Crippen LogP contribution in [0.3, 0.4) is 0 Å². The Kier molecular flexibility index (Phi) is 3.95. The molecule has 0 amide bonds. The van der Waals surface area contributed by atoms with Gasteiger partial charge in [-0.05, 0) is 24.9 Å². The Labute approximate surface area is 98.1 Å². The van der Waals surface area contributed by atoms with Crippen molar-refractivity contribution in [2.24, 2.45) is 0 Å². The number of likely N-dealkylation sites (tertiary alicyclic amines) is 1. The van der Waals surface area contributed by atoms with E-state index in [0.29, 0.717) is 6.04 Å². The van der Waals surface area contributed by atoms with E-state index in [1.165, 1.54) is 24.9 Å². The molecule has 0 saturated carbocycles. The summed E-state index contributed by atoms with van der Waals surface area (Å²) in [5.41, 5.74) is 1.40. The second-order valence-corrected chi connectivity index (χ2v) is 4.29. The first-order valence-electron chi connectivity index (χ1n) is 5.97. The Morgan fingerprint density at radius 1 is 1.31 bits per heavy atom. The highest BCUT2D eigenvalue weighted by atomic mass is 15.2. The first kappa shape index (κ1) is 11.2. The SMILES string of the molecule is C=C/C=C/C1CCCN1Cc1ccccc1. The summed E-state index contributed by atoms with van der Waals surface area (Å²) < 4.78 is 0. The quantitative estimate of drug-likeness (QED) is 0.693. The number of benzene rings is 1. The van der Waals surface area contributed by atoms with E-state index < -0.39 is 0 Å². The maximum atomic E-state index is 3.73. The summed E-state index contributed by atoms with van der Waals surface area (Å²) in [5, 5.41) is 0. The molecule has 1 heteroatoms. The van der Waals surface area contributed by atoms with Gasteiger partial charge in [-0.2, -0.15) is 0 Å². The van der Waals surface area contributed by atoms with E-state index in [2.05, 4.69) is 54.0 Å². The fourth-order valence-electron chi connectivity index (χ4n) is 2.29. The van der Waals surface area contributed by atoms with Crippen LogP contribution in [-0.2, 0) is 6.54 Å². The third-order valence-electron chi connectivity index (χ3n) is 3.11. The Morgan fingerprint density at radius 3 is 2.88 bits per heavy atom. The van der Waals surface area contributed by atoms with Crippen molar-refractivity contribution in [3.05, 3.63) is 60.7 Å². The lowest BCUT2D eigenvalue weighted by Gasteiger charge is -2.21. The molecule has 1 heterocycles. The number of hydrogen-bond acceptors (Lipinski definition) is 1. The zero-order valence-electron chi connectivity index (χ0n) is 9.68. The van der Waals surface area contributed by atoms with Crippen LogP contribution >= 0.6 is 0 Å². The molecule has 1 aromatic carbocycles. The van der Waals surface area contributed by atoms with Crippen molar-refractivity contribution >= 4 is 0 Å². The highest BCUT2D eigenvalue weighted by Crippen LogP contribution is 2.20. The van der Waals surface area contributed by atoms with Crippen LogP contribution in [0.4, 0.5) is 0 Å². The highest BCUT2D eigenvalue weighted by molar-refractivity contribution is 5.15. The summed E-state index contributed by atoms with van der Waals surface area (Å²) in [6, 6.07) is 11.3. The standard InChI is InChI=1S/C15H19N/c1-2-3-10-15-11-7-12-16(15)13-14-8-5-4-6-9-14/h2-6,8-10,15H,1,7,11-13H2/b10-3+. The Bertz CT molecular complexity index is 353. The van der Waals surface area contributed by atoms with Crippen LogP contribution in [-0.4, -0.2) is 17.5 Å². The fraction of sp³-hybridized carbons (Fsp3) is 0.333. The van der Waals surface area contributed by atoms with Gasteiger partial charge in [0.05, 0.1) is 0 Å². The monoisotopic (exact) mass is 213 g/mol. The van der Waals surface area contributed by atoms with Gasteiger partial charge in [0, 0.05) is 12.6 Å². The number of hydrogen-bond donors (Lipinski definition) is 0. The molecular weight excluding hydrogens is 194 g/mol. The molecule has 1 saturated heterocycles. The summed E-state index contributed by atoms with van der Waals surface area (Å²) in [7, 11) is 0. The van der Waals surface area contributed by atoms with Gasteiger partial charge in [0.25, 0.3) is 0 Å². The topological polar surface area (TPSA) is 3.24 Å². The number of nitrogens with zero attached hydrogens (tertiary/aromatic N) is 1. The Morgan fingerprint density at radius 2 is 2.12 bits per heavy atom. The molecule has 1 atom stereocenters. The number of rotatable bonds is 4. The van der Waals surface area contributed by atoms with Crippen LogP contribution in [0, 0.1) is 0 Å². The average Bonchev–Trinajstić information content (AvgIpc) is 2.75. The van der Waals surface area contributed by atoms with Crippen LogP contribution in [0.1, 0.15) is 18.4 Å². The minimum Gasteiger partial charge on any atom is -0.293 e. The zero-order chi connectivity index (χ0) is 11.2. The molecule has 1 fully saturated rings. The van der Waals surface area contributed by atoms with Gasteiger partial charge in [0.1, 0.15) is 0 Å². The van der Waals surface area contributed by atoms with Crippen LogP contribution in [0.5, 0.6) is 0 Å². The second-order valence-electron chi connectivity index (χ2n) is 4.29. The molecular formula is C15H19N. The minimum absolute atomic E-state index is 0.596. The van der Waals surface area contributed by atoms with E-state index in [0.717, 1.165) is 6.54 Å². The van der Waals surface area contributed by atoms with Gasteiger partial charge in [0.15, 0.2) is 0 Å². The normalized spacial score (nSPS) is 21.6. The molecule has 0 spiro atoms. The van der Waals surface area contributed by atoms with Crippen molar-refractivity contribution in [1.29, 1.82) is 0 Å².